The zero-order valence-electron chi connectivity index (χ0n) is 9.32. The van der Waals surface area contributed by atoms with Crippen molar-refractivity contribution in [1.82, 2.24) is 14.6 Å². The van der Waals surface area contributed by atoms with Crippen molar-refractivity contribution in [3.05, 3.63) is 54.4 Å². The zero-order chi connectivity index (χ0) is 12.5. The summed E-state index contributed by atoms with van der Waals surface area (Å²) in [7, 11) is 0. The summed E-state index contributed by atoms with van der Waals surface area (Å²) in [5.74, 6) is -1.02. The Bertz CT molecular complexity index is 719. The second kappa shape index (κ2) is 3.96. The topological polar surface area (TPSA) is 67.5 Å². The molecule has 0 saturated carbocycles. The average molecular weight is 239 g/mol. The van der Waals surface area contributed by atoms with Gasteiger partial charge in [-0.15, -0.1) is 0 Å². The molecular formula is C13H9N3O2. The van der Waals surface area contributed by atoms with Crippen molar-refractivity contribution in [2.24, 2.45) is 0 Å². The predicted molar refractivity (Wildman–Crippen MR) is 65.4 cm³/mol. The van der Waals surface area contributed by atoms with Gasteiger partial charge >= 0.3 is 5.97 Å². The molecule has 5 nitrogen and oxygen atoms in total. The van der Waals surface area contributed by atoms with Crippen molar-refractivity contribution in [3.63, 3.8) is 0 Å². The minimum absolute atomic E-state index is 0.136. The lowest BCUT2D eigenvalue weighted by atomic mass is 10.1. The number of carboxylic acids is 1. The van der Waals surface area contributed by atoms with Crippen LogP contribution in [0.15, 0.2) is 48.8 Å². The van der Waals surface area contributed by atoms with Crippen LogP contribution in [0.25, 0.3) is 16.9 Å². The van der Waals surface area contributed by atoms with E-state index in [9.17, 15) is 9.90 Å². The van der Waals surface area contributed by atoms with E-state index < -0.39 is 5.97 Å². The second-order valence-corrected chi connectivity index (χ2v) is 3.81. The Kier molecular flexibility index (Phi) is 2.30. The molecule has 2 aromatic heterocycles. The normalized spacial score (nSPS) is 10.7. The third-order valence-corrected chi connectivity index (χ3v) is 2.66. The Hall–Kier alpha value is -2.69. The molecule has 0 fully saturated rings. The molecule has 18 heavy (non-hydrogen) atoms. The molecule has 0 saturated heterocycles. The Morgan fingerprint density at radius 2 is 1.94 bits per heavy atom. The molecule has 0 aliphatic rings. The van der Waals surface area contributed by atoms with Crippen LogP contribution < -0.4 is 0 Å². The Morgan fingerprint density at radius 1 is 1.17 bits per heavy atom. The molecule has 0 amide bonds. The summed E-state index contributed by atoms with van der Waals surface area (Å²) in [5, 5.41) is 13.2. The van der Waals surface area contributed by atoms with E-state index in [1.54, 1.807) is 12.3 Å². The smallest absolute Gasteiger partial charge is 0.339 e. The minimum Gasteiger partial charge on any atom is -0.478 e. The number of hydrogen-bond donors (Lipinski definition) is 1. The van der Waals surface area contributed by atoms with Crippen molar-refractivity contribution in [1.29, 1.82) is 0 Å². The Labute approximate surface area is 102 Å². The molecule has 0 aliphatic carbocycles. The van der Waals surface area contributed by atoms with Crippen molar-refractivity contribution in [2.45, 2.75) is 0 Å². The largest absolute Gasteiger partial charge is 0.478 e. The average Bonchev–Trinajstić information content (AvgIpc) is 2.85. The third-order valence-electron chi connectivity index (χ3n) is 2.66. The number of rotatable bonds is 2. The quantitative estimate of drug-likeness (QED) is 0.743. The number of aromatic carboxylic acids is 1. The number of aromatic nitrogens is 3. The molecule has 1 N–H and O–H groups in total. The second-order valence-electron chi connectivity index (χ2n) is 3.81. The van der Waals surface area contributed by atoms with Gasteiger partial charge in [-0.25, -0.2) is 14.3 Å². The molecule has 5 heteroatoms. The van der Waals surface area contributed by atoms with Crippen LogP contribution in [0.1, 0.15) is 10.4 Å². The lowest BCUT2D eigenvalue weighted by Crippen LogP contribution is -2.05. The van der Waals surface area contributed by atoms with Crippen LogP contribution in [0.3, 0.4) is 0 Å². The summed E-state index contributed by atoms with van der Waals surface area (Å²) in [6, 6.07) is 11.0. The fourth-order valence-corrected chi connectivity index (χ4v) is 1.83. The molecule has 88 valence electrons. The first-order valence-electron chi connectivity index (χ1n) is 5.39. The van der Waals surface area contributed by atoms with Crippen LogP contribution in [0, 0.1) is 0 Å². The molecule has 0 atom stereocenters. The van der Waals surface area contributed by atoms with Gasteiger partial charge in [-0.1, -0.05) is 30.3 Å². The minimum atomic E-state index is -1.02. The fourth-order valence-electron chi connectivity index (χ4n) is 1.83. The van der Waals surface area contributed by atoms with E-state index in [1.807, 2.05) is 30.3 Å². The molecule has 3 rings (SSSR count). The maximum absolute atomic E-state index is 11.3. The highest BCUT2D eigenvalue weighted by Gasteiger charge is 2.15. The van der Waals surface area contributed by atoms with E-state index >= 15 is 0 Å². The lowest BCUT2D eigenvalue weighted by Gasteiger charge is -2.06. The number of carboxylic acid groups (broad SMARTS) is 1. The van der Waals surface area contributed by atoms with Crippen molar-refractivity contribution in [3.8, 4) is 11.3 Å². The first-order valence-corrected chi connectivity index (χ1v) is 5.39. The highest BCUT2D eigenvalue weighted by molar-refractivity contribution is 5.94. The SMILES string of the molecule is O=C(O)c1cn2nccc2nc1-c1ccccc1. The van der Waals surface area contributed by atoms with Crippen LogP contribution >= 0.6 is 0 Å². The first-order chi connectivity index (χ1) is 8.75. The Balaban J connectivity index is 2.32. The number of nitrogens with zero attached hydrogens (tertiary/aromatic N) is 3. The molecular weight excluding hydrogens is 230 g/mol. The molecule has 2 heterocycles. The molecule has 0 unspecified atom stereocenters. The summed E-state index contributed by atoms with van der Waals surface area (Å²) in [4.78, 5) is 15.6. The van der Waals surface area contributed by atoms with Gasteiger partial charge in [0.05, 0.1) is 11.9 Å². The van der Waals surface area contributed by atoms with Crippen molar-refractivity contribution >= 4 is 11.6 Å². The van der Waals surface area contributed by atoms with Gasteiger partial charge in [0.1, 0.15) is 5.56 Å². The van der Waals surface area contributed by atoms with Gasteiger partial charge in [-0.3, -0.25) is 0 Å². The van der Waals surface area contributed by atoms with Crippen molar-refractivity contribution in [2.75, 3.05) is 0 Å². The maximum Gasteiger partial charge on any atom is 0.339 e. The van der Waals surface area contributed by atoms with Crippen molar-refractivity contribution < 1.29 is 9.90 Å². The summed E-state index contributed by atoms with van der Waals surface area (Å²) in [5.41, 5.74) is 1.99. The highest BCUT2D eigenvalue weighted by Crippen LogP contribution is 2.22. The lowest BCUT2D eigenvalue weighted by molar-refractivity contribution is 0.0696. The van der Waals surface area contributed by atoms with Gasteiger partial charge in [-0.2, -0.15) is 5.10 Å². The summed E-state index contributed by atoms with van der Waals surface area (Å²) in [6.45, 7) is 0. The number of hydrogen-bond acceptors (Lipinski definition) is 3. The number of benzene rings is 1. The van der Waals surface area contributed by atoms with Crippen LogP contribution in [-0.2, 0) is 0 Å². The molecule has 0 bridgehead atoms. The predicted octanol–water partition coefficient (Wildman–Crippen LogP) is 2.09. The molecule has 0 spiro atoms. The van der Waals surface area contributed by atoms with Gasteiger partial charge in [0.25, 0.3) is 0 Å². The fraction of sp³-hybridized carbons (Fsp3) is 0. The van der Waals surface area contributed by atoms with Crippen LogP contribution in [0.5, 0.6) is 0 Å². The van der Waals surface area contributed by atoms with E-state index in [2.05, 4.69) is 10.1 Å². The van der Waals surface area contributed by atoms with E-state index in [4.69, 9.17) is 0 Å². The van der Waals surface area contributed by atoms with Gasteiger partial charge in [0, 0.05) is 17.8 Å². The number of carbonyl (C=O) groups is 1. The summed E-state index contributed by atoms with van der Waals surface area (Å²) in [6.07, 6.45) is 3.07. The molecule has 1 aromatic carbocycles. The monoisotopic (exact) mass is 239 g/mol. The van der Waals surface area contributed by atoms with Crippen LogP contribution in [-0.4, -0.2) is 25.7 Å². The summed E-state index contributed by atoms with van der Waals surface area (Å²) >= 11 is 0. The molecule has 0 aliphatic heterocycles. The molecule has 3 aromatic rings. The van der Waals surface area contributed by atoms with Crippen LogP contribution in [0.2, 0.25) is 0 Å². The van der Waals surface area contributed by atoms with Gasteiger partial charge in [0.2, 0.25) is 0 Å². The van der Waals surface area contributed by atoms with E-state index in [-0.39, 0.29) is 5.56 Å². The standard InChI is InChI=1S/C13H9N3O2/c17-13(18)10-8-16-11(6-7-14-16)15-12(10)9-4-2-1-3-5-9/h1-8H,(H,17,18). The van der Waals surface area contributed by atoms with Crippen LogP contribution in [0.4, 0.5) is 0 Å². The van der Waals surface area contributed by atoms with E-state index in [0.717, 1.165) is 5.56 Å². The van der Waals surface area contributed by atoms with E-state index in [1.165, 1.54) is 10.7 Å². The van der Waals surface area contributed by atoms with Gasteiger partial charge in [-0.05, 0) is 0 Å². The third kappa shape index (κ3) is 1.62. The Morgan fingerprint density at radius 3 is 2.67 bits per heavy atom. The zero-order valence-corrected chi connectivity index (χ0v) is 9.32. The summed E-state index contributed by atoms with van der Waals surface area (Å²) < 4.78 is 1.45. The van der Waals surface area contributed by atoms with Gasteiger partial charge in [0.15, 0.2) is 5.65 Å². The molecule has 0 radical (unpaired) electrons. The highest BCUT2D eigenvalue weighted by atomic mass is 16.4. The maximum atomic E-state index is 11.3. The first kappa shape index (κ1) is 10.5. The van der Waals surface area contributed by atoms with Gasteiger partial charge < -0.3 is 5.11 Å². The number of fused-ring (bicyclic) bond motifs is 1. The van der Waals surface area contributed by atoms with E-state index in [0.29, 0.717) is 11.3 Å².